The molecule has 0 saturated carbocycles. The Balaban J connectivity index is 1.87. The average molecular weight is 302 g/mol. The summed E-state index contributed by atoms with van der Waals surface area (Å²) in [5.74, 6) is 1.62. The summed E-state index contributed by atoms with van der Waals surface area (Å²) >= 11 is 0. The first kappa shape index (κ1) is 16.3. The van der Waals surface area contributed by atoms with Crippen molar-refractivity contribution in [2.24, 2.45) is 10.9 Å². The zero-order valence-corrected chi connectivity index (χ0v) is 13.7. The number of hydrogen-bond donors (Lipinski definition) is 2. The van der Waals surface area contributed by atoms with Gasteiger partial charge < -0.3 is 15.5 Å². The smallest absolute Gasteiger partial charge is 0.227 e. The van der Waals surface area contributed by atoms with Gasteiger partial charge in [-0.25, -0.2) is 0 Å². The standard InChI is InChI=1S/C17H26N4O/c1-13(2)11-19-17(18-3)20-12-14-6-8-15(9-7-14)21-10-4-5-16(21)22/h6-9,13H,4-5,10-12H2,1-3H3,(H2,18,19,20). The molecule has 1 amide bonds. The highest BCUT2D eigenvalue weighted by atomic mass is 16.2. The fourth-order valence-corrected chi connectivity index (χ4v) is 2.42. The predicted octanol–water partition coefficient (Wildman–Crippen LogP) is 2.13. The largest absolute Gasteiger partial charge is 0.356 e. The van der Waals surface area contributed by atoms with Crippen LogP contribution < -0.4 is 15.5 Å². The van der Waals surface area contributed by atoms with Crippen molar-refractivity contribution >= 4 is 17.6 Å². The molecule has 0 unspecified atom stereocenters. The molecule has 5 nitrogen and oxygen atoms in total. The van der Waals surface area contributed by atoms with Crippen molar-refractivity contribution in [3.05, 3.63) is 29.8 Å². The molecular formula is C17H26N4O. The minimum Gasteiger partial charge on any atom is -0.356 e. The van der Waals surface area contributed by atoms with E-state index >= 15 is 0 Å². The van der Waals surface area contributed by atoms with E-state index < -0.39 is 0 Å². The molecule has 1 heterocycles. The first-order chi connectivity index (χ1) is 10.6. The molecule has 0 radical (unpaired) electrons. The average Bonchev–Trinajstić information content (AvgIpc) is 2.94. The van der Waals surface area contributed by atoms with E-state index in [1.165, 1.54) is 5.56 Å². The Kier molecular flexibility index (Phi) is 5.81. The maximum absolute atomic E-state index is 11.7. The van der Waals surface area contributed by atoms with Gasteiger partial charge in [-0.1, -0.05) is 26.0 Å². The summed E-state index contributed by atoms with van der Waals surface area (Å²) in [6, 6.07) is 8.16. The van der Waals surface area contributed by atoms with E-state index in [1.807, 2.05) is 17.0 Å². The number of carbonyl (C=O) groups is 1. The quantitative estimate of drug-likeness (QED) is 0.647. The van der Waals surface area contributed by atoms with Crippen molar-refractivity contribution in [2.75, 3.05) is 25.0 Å². The number of anilines is 1. The van der Waals surface area contributed by atoms with Gasteiger partial charge in [0, 0.05) is 38.8 Å². The van der Waals surface area contributed by atoms with Gasteiger partial charge in [0.15, 0.2) is 5.96 Å². The van der Waals surface area contributed by atoms with E-state index in [0.717, 1.165) is 31.2 Å². The zero-order chi connectivity index (χ0) is 15.9. The lowest BCUT2D eigenvalue weighted by Crippen LogP contribution is -2.38. The minimum atomic E-state index is 0.226. The van der Waals surface area contributed by atoms with Crippen LogP contribution in [0.25, 0.3) is 0 Å². The van der Waals surface area contributed by atoms with E-state index in [1.54, 1.807) is 7.05 Å². The normalized spacial score (nSPS) is 15.5. The van der Waals surface area contributed by atoms with Crippen LogP contribution in [0.1, 0.15) is 32.3 Å². The van der Waals surface area contributed by atoms with Crippen LogP contribution in [-0.4, -0.2) is 32.0 Å². The zero-order valence-electron chi connectivity index (χ0n) is 13.7. The molecule has 1 aromatic rings. The lowest BCUT2D eigenvalue weighted by molar-refractivity contribution is -0.117. The van der Waals surface area contributed by atoms with Crippen molar-refractivity contribution in [1.29, 1.82) is 0 Å². The van der Waals surface area contributed by atoms with Gasteiger partial charge in [-0.05, 0) is 30.0 Å². The summed E-state index contributed by atoms with van der Waals surface area (Å²) in [7, 11) is 1.78. The molecule has 1 aliphatic rings. The molecule has 120 valence electrons. The Morgan fingerprint density at radius 1 is 1.27 bits per heavy atom. The second-order valence-corrected chi connectivity index (χ2v) is 6.02. The highest BCUT2D eigenvalue weighted by molar-refractivity contribution is 5.95. The molecule has 1 fully saturated rings. The van der Waals surface area contributed by atoms with Crippen LogP contribution in [-0.2, 0) is 11.3 Å². The minimum absolute atomic E-state index is 0.226. The first-order valence-electron chi connectivity index (χ1n) is 7.94. The van der Waals surface area contributed by atoms with Crippen LogP contribution in [0.5, 0.6) is 0 Å². The summed E-state index contributed by atoms with van der Waals surface area (Å²) in [5, 5.41) is 6.58. The Bertz CT molecular complexity index is 522. The lowest BCUT2D eigenvalue weighted by Gasteiger charge is -2.16. The van der Waals surface area contributed by atoms with E-state index in [4.69, 9.17) is 0 Å². The summed E-state index contributed by atoms with van der Waals surface area (Å²) in [4.78, 5) is 17.8. The van der Waals surface area contributed by atoms with E-state index in [-0.39, 0.29) is 5.91 Å². The molecule has 1 aromatic carbocycles. The van der Waals surface area contributed by atoms with Crippen LogP contribution in [0, 0.1) is 5.92 Å². The van der Waals surface area contributed by atoms with Gasteiger partial charge in [0.1, 0.15) is 0 Å². The topological polar surface area (TPSA) is 56.7 Å². The fourth-order valence-electron chi connectivity index (χ4n) is 2.42. The fraction of sp³-hybridized carbons (Fsp3) is 0.529. The van der Waals surface area contributed by atoms with Gasteiger partial charge in [-0.2, -0.15) is 0 Å². The number of nitrogens with one attached hydrogen (secondary N) is 2. The lowest BCUT2D eigenvalue weighted by atomic mass is 10.2. The van der Waals surface area contributed by atoms with Crippen molar-refractivity contribution < 1.29 is 4.79 Å². The Hall–Kier alpha value is -2.04. The van der Waals surface area contributed by atoms with E-state index in [0.29, 0.717) is 18.9 Å². The van der Waals surface area contributed by atoms with Crippen LogP contribution >= 0.6 is 0 Å². The van der Waals surface area contributed by atoms with Crippen molar-refractivity contribution in [3.63, 3.8) is 0 Å². The summed E-state index contributed by atoms with van der Waals surface area (Å²) in [6.07, 6.45) is 1.63. The van der Waals surface area contributed by atoms with Gasteiger partial charge in [0.2, 0.25) is 5.91 Å². The molecule has 0 atom stereocenters. The molecule has 0 aromatic heterocycles. The molecule has 22 heavy (non-hydrogen) atoms. The van der Waals surface area contributed by atoms with Gasteiger partial charge in [-0.3, -0.25) is 9.79 Å². The molecule has 0 bridgehead atoms. The third-order valence-electron chi connectivity index (χ3n) is 3.68. The molecular weight excluding hydrogens is 276 g/mol. The number of carbonyl (C=O) groups excluding carboxylic acids is 1. The highest BCUT2D eigenvalue weighted by Crippen LogP contribution is 2.21. The van der Waals surface area contributed by atoms with E-state index in [9.17, 15) is 4.79 Å². The first-order valence-corrected chi connectivity index (χ1v) is 7.94. The van der Waals surface area contributed by atoms with E-state index in [2.05, 4.69) is 41.6 Å². The molecule has 2 N–H and O–H groups in total. The number of guanidine groups is 1. The van der Waals surface area contributed by atoms with Crippen LogP contribution in [0.15, 0.2) is 29.3 Å². The Labute approximate surface area is 132 Å². The Morgan fingerprint density at radius 2 is 2.00 bits per heavy atom. The monoisotopic (exact) mass is 302 g/mol. The molecule has 2 rings (SSSR count). The second kappa shape index (κ2) is 7.82. The van der Waals surface area contributed by atoms with Gasteiger partial charge >= 0.3 is 0 Å². The summed E-state index contributed by atoms with van der Waals surface area (Å²) in [5.41, 5.74) is 2.16. The Morgan fingerprint density at radius 3 is 2.55 bits per heavy atom. The maximum atomic E-state index is 11.7. The van der Waals surface area contributed by atoms with Crippen LogP contribution in [0.2, 0.25) is 0 Å². The number of benzene rings is 1. The second-order valence-electron chi connectivity index (χ2n) is 6.02. The van der Waals surface area contributed by atoms with Crippen molar-refractivity contribution in [2.45, 2.75) is 33.2 Å². The van der Waals surface area contributed by atoms with Crippen molar-refractivity contribution in [3.8, 4) is 0 Å². The number of hydrogen-bond acceptors (Lipinski definition) is 2. The number of aliphatic imine (C=N–C) groups is 1. The summed E-state index contributed by atoms with van der Waals surface area (Å²) < 4.78 is 0. The maximum Gasteiger partial charge on any atom is 0.227 e. The molecule has 0 spiro atoms. The van der Waals surface area contributed by atoms with Crippen LogP contribution in [0.3, 0.4) is 0 Å². The summed E-state index contributed by atoms with van der Waals surface area (Å²) in [6.45, 7) is 6.78. The van der Waals surface area contributed by atoms with Gasteiger partial charge in [0.25, 0.3) is 0 Å². The third kappa shape index (κ3) is 4.48. The van der Waals surface area contributed by atoms with Crippen molar-refractivity contribution in [1.82, 2.24) is 10.6 Å². The number of amides is 1. The molecule has 1 saturated heterocycles. The molecule has 5 heteroatoms. The number of nitrogens with zero attached hydrogens (tertiary/aromatic N) is 2. The SMILES string of the molecule is CN=C(NCc1ccc(N2CCCC2=O)cc1)NCC(C)C. The molecule has 0 aliphatic carbocycles. The van der Waals surface area contributed by atoms with Gasteiger partial charge in [-0.15, -0.1) is 0 Å². The van der Waals surface area contributed by atoms with Crippen LogP contribution in [0.4, 0.5) is 5.69 Å². The highest BCUT2D eigenvalue weighted by Gasteiger charge is 2.21. The molecule has 1 aliphatic heterocycles. The number of rotatable bonds is 5. The van der Waals surface area contributed by atoms with Gasteiger partial charge in [0.05, 0.1) is 0 Å². The predicted molar refractivity (Wildman–Crippen MR) is 91.1 cm³/mol. The third-order valence-corrected chi connectivity index (χ3v) is 3.68.